The summed E-state index contributed by atoms with van der Waals surface area (Å²) in [6.07, 6.45) is -0.633. The number of benzene rings is 1. The van der Waals surface area contributed by atoms with E-state index in [2.05, 4.69) is 5.32 Å². The van der Waals surface area contributed by atoms with Crippen molar-refractivity contribution in [2.45, 2.75) is 12.5 Å². The average molecular weight is 336 g/mol. The molecular formula is C14H19Cl2NO4. The fourth-order valence-electron chi connectivity index (χ4n) is 1.59. The van der Waals surface area contributed by atoms with Crippen molar-refractivity contribution in [3.05, 3.63) is 33.8 Å². The van der Waals surface area contributed by atoms with E-state index in [-0.39, 0.29) is 18.9 Å². The first-order valence-electron chi connectivity index (χ1n) is 6.50. The standard InChI is InChI=1S/C14H19Cl2NO4/c1-20-4-5-21-3-2-14(19)17-9-13(18)10-6-11(15)8-12(16)7-10/h6-8,13,18H,2-5,9H2,1H3,(H,17,19)/t13-/m1/s1. The third-order valence-corrected chi connectivity index (χ3v) is 3.10. The molecule has 1 rings (SSSR count). The molecule has 7 heteroatoms. The molecule has 0 radical (unpaired) electrons. The second-order valence-corrected chi connectivity index (χ2v) is 5.25. The second kappa shape index (κ2) is 9.97. The Balaban J connectivity index is 2.28. The highest BCUT2D eigenvalue weighted by Crippen LogP contribution is 2.23. The van der Waals surface area contributed by atoms with Gasteiger partial charge in [0.15, 0.2) is 0 Å². The summed E-state index contributed by atoms with van der Waals surface area (Å²) < 4.78 is 10.0. The lowest BCUT2D eigenvalue weighted by Crippen LogP contribution is -2.29. The van der Waals surface area contributed by atoms with Gasteiger partial charge in [-0.1, -0.05) is 23.2 Å². The Labute approximate surface area is 134 Å². The van der Waals surface area contributed by atoms with E-state index >= 15 is 0 Å². The van der Waals surface area contributed by atoms with E-state index in [0.29, 0.717) is 35.4 Å². The Bertz CT molecular complexity index is 436. The Morgan fingerprint density at radius 1 is 1.24 bits per heavy atom. The van der Waals surface area contributed by atoms with E-state index in [0.717, 1.165) is 0 Å². The Morgan fingerprint density at radius 2 is 1.90 bits per heavy atom. The molecule has 0 saturated carbocycles. The predicted octanol–water partition coefficient (Wildman–Crippen LogP) is 2.20. The molecule has 0 fully saturated rings. The van der Waals surface area contributed by atoms with Crippen LogP contribution < -0.4 is 5.32 Å². The van der Waals surface area contributed by atoms with Gasteiger partial charge < -0.3 is 19.9 Å². The maximum Gasteiger partial charge on any atom is 0.222 e. The molecule has 0 bridgehead atoms. The summed E-state index contributed by atoms with van der Waals surface area (Å²) in [6, 6.07) is 4.80. The van der Waals surface area contributed by atoms with Crippen LogP contribution in [0, 0.1) is 0 Å². The third-order valence-electron chi connectivity index (χ3n) is 2.67. The van der Waals surface area contributed by atoms with Crippen LogP contribution in [0.2, 0.25) is 10.0 Å². The molecule has 0 aliphatic carbocycles. The number of hydrogen-bond acceptors (Lipinski definition) is 4. The summed E-state index contributed by atoms with van der Waals surface area (Å²) in [5, 5.41) is 13.5. The van der Waals surface area contributed by atoms with Crippen molar-refractivity contribution in [2.75, 3.05) is 33.5 Å². The molecule has 21 heavy (non-hydrogen) atoms. The number of aliphatic hydroxyl groups excluding tert-OH is 1. The first-order chi connectivity index (χ1) is 10.0. The van der Waals surface area contributed by atoms with E-state index < -0.39 is 6.10 Å². The quantitative estimate of drug-likeness (QED) is 0.679. The van der Waals surface area contributed by atoms with Gasteiger partial charge in [-0.15, -0.1) is 0 Å². The number of carbonyl (C=O) groups is 1. The van der Waals surface area contributed by atoms with Gasteiger partial charge >= 0.3 is 0 Å². The summed E-state index contributed by atoms with van der Waals surface area (Å²) in [6.45, 7) is 1.35. The summed E-state index contributed by atoms with van der Waals surface area (Å²) >= 11 is 11.7. The highest BCUT2D eigenvalue weighted by molar-refractivity contribution is 6.34. The van der Waals surface area contributed by atoms with Gasteiger partial charge in [0, 0.05) is 30.1 Å². The Kier molecular flexibility index (Phi) is 8.64. The van der Waals surface area contributed by atoms with Crippen molar-refractivity contribution >= 4 is 29.1 Å². The second-order valence-electron chi connectivity index (χ2n) is 4.38. The number of methoxy groups -OCH3 is 1. The van der Waals surface area contributed by atoms with Crippen molar-refractivity contribution in [3.8, 4) is 0 Å². The van der Waals surface area contributed by atoms with Crippen LogP contribution in [0.5, 0.6) is 0 Å². The van der Waals surface area contributed by atoms with Crippen molar-refractivity contribution in [3.63, 3.8) is 0 Å². The zero-order valence-corrected chi connectivity index (χ0v) is 13.3. The average Bonchev–Trinajstić information content (AvgIpc) is 2.43. The molecule has 0 aliphatic rings. The fraction of sp³-hybridized carbons (Fsp3) is 0.500. The van der Waals surface area contributed by atoms with Crippen molar-refractivity contribution in [1.29, 1.82) is 0 Å². The highest BCUT2D eigenvalue weighted by Gasteiger charge is 2.11. The summed E-state index contributed by atoms with van der Waals surface area (Å²) in [7, 11) is 1.58. The predicted molar refractivity (Wildman–Crippen MR) is 81.7 cm³/mol. The third kappa shape index (κ3) is 7.64. The van der Waals surface area contributed by atoms with Crippen LogP contribution in [-0.4, -0.2) is 44.5 Å². The monoisotopic (exact) mass is 335 g/mol. The van der Waals surface area contributed by atoms with Crippen LogP contribution in [0.25, 0.3) is 0 Å². The minimum atomic E-state index is -0.862. The molecule has 5 nitrogen and oxygen atoms in total. The molecule has 2 N–H and O–H groups in total. The van der Waals surface area contributed by atoms with Gasteiger partial charge in [-0.25, -0.2) is 0 Å². The molecule has 0 spiro atoms. The van der Waals surface area contributed by atoms with E-state index in [1.807, 2.05) is 0 Å². The smallest absolute Gasteiger partial charge is 0.222 e. The number of rotatable bonds is 9. The van der Waals surface area contributed by atoms with Gasteiger partial charge in [0.25, 0.3) is 0 Å². The molecule has 0 aromatic heterocycles. The van der Waals surface area contributed by atoms with E-state index in [9.17, 15) is 9.90 Å². The van der Waals surface area contributed by atoms with Crippen LogP contribution >= 0.6 is 23.2 Å². The van der Waals surface area contributed by atoms with Gasteiger partial charge in [-0.3, -0.25) is 4.79 Å². The first-order valence-corrected chi connectivity index (χ1v) is 7.26. The fourth-order valence-corrected chi connectivity index (χ4v) is 2.14. The number of halogens is 2. The van der Waals surface area contributed by atoms with E-state index in [4.69, 9.17) is 32.7 Å². The maximum atomic E-state index is 11.6. The minimum absolute atomic E-state index is 0.0908. The van der Waals surface area contributed by atoms with Gasteiger partial charge in [0.05, 0.1) is 25.9 Å². The molecule has 0 aliphatic heterocycles. The van der Waals surface area contributed by atoms with Gasteiger partial charge in [0.1, 0.15) is 0 Å². The van der Waals surface area contributed by atoms with Gasteiger partial charge in [-0.2, -0.15) is 0 Å². The van der Waals surface area contributed by atoms with Crippen molar-refractivity contribution in [1.82, 2.24) is 5.32 Å². The van der Waals surface area contributed by atoms with E-state index in [1.54, 1.807) is 25.3 Å². The van der Waals surface area contributed by atoms with Gasteiger partial charge in [-0.05, 0) is 23.8 Å². The van der Waals surface area contributed by atoms with Gasteiger partial charge in [0.2, 0.25) is 5.91 Å². The summed E-state index contributed by atoms with van der Waals surface area (Å²) in [5.41, 5.74) is 0.559. The van der Waals surface area contributed by atoms with E-state index in [1.165, 1.54) is 0 Å². The molecule has 1 atom stereocenters. The largest absolute Gasteiger partial charge is 0.387 e. The number of ether oxygens (including phenoxy) is 2. The lowest BCUT2D eigenvalue weighted by atomic mass is 10.1. The van der Waals surface area contributed by atoms with Crippen LogP contribution in [0.15, 0.2) is 18.2 Å². The van der Waals surface area contributed by atoms with Crippen LogP contribution in [-0.2, 0) is 14.3 Å². The molecule has 0 heterocycles. The molecule has 0 unspecified atom stereocenters. The number of carbonyl (C=O) groups excluding carboxylic acids is 1. The van der Waals surface area contributed by atoms with Crippen LogP contribution in [0.1, 0.15) is 18.1 Å². The molecule has 118 valence electrons. The number of amides is 1. The van der Waals surface area contributed by atoms with Crippen LogP contribution in [0.3, 0.4) is 0 Å². The Morgan fingerprint density at radius 3 is 2.52 bits per heavy atom. The normalized spacial score (nSPS) is 12.2. The van der Waals surface area contributed by atoms with Crippen molar-refractivity contribution in [2.24, 2.45) is 0 Å². The molecule has 0 saturated heterocycles. The topological polar surface area (TPSA) is 67.8 Å². The molecule has 1 amide bonds. The summed E-state index contributed by atoms with van der Waals surface area (Å²) in [5.74, 6) is -0.195. The minimum Gasteiger partial charge on any atom is -0.387 e. The zero-order valence-electron chi connectivity index (χ0n) is 11.8. The zero-order chi connectivity index (χ0) is 15.7. The molecular weight excluding hydrogens is 317 g/mol. The SMILES string of the molecule is COCCOCCC(=O)NC[C@@H](O)c1cc(Cl)cc(Cl)c1. The van der Waals surface area contributed by atoms with Crippen molar-refractivity contribution < 1.29 is 19.4 Å². The highest BCUT2D eigenvalue weighted by atomic mass is 35.5. The van der Waals surface area contributed by atoms with Crippen LogP contribution in [0.4, 0.5) is 0 Å². The summed E-state index contributed by atoms with van der Waals surface area (Å²) in [4.78, 5) is 11.6. The Hall–Kier alpha value is -0.850. The number of nitrogens with one attached hydrogen (secondary N) is 1. The lowest BCUT2D eigenvalue weighted by Gasteiger charge is -2.13. The molecule has 1 aromatic rings. The molecule has 1 aromatic carbocycles. The number of aliphatic hydroxyl groups is 1. The lowest BCUT2D eigenvalue weighted by molar-refractivity contribution is -0.122. The maximum absolute atomic E-state index is 11.6. The first kappa shape index (κ1) is 18.2. The number of hydrogen-bond donors (Lipinski definition) is 2.